The molecule has 2 aromatic heterocycles. The maximum atomic E-state index is 5.91. The van der Waals surface area contributed by atoms with Crippen LogP contribution in [-0.2, 0) is 13.6 Å². The fourth-order valence-corrected chi connectivity index (χ4v) is 2.54. The highest BCUT2D eigenvalue weighted by molar-refractivity contribution is 7.19. The molecule has 2 aromatic rings. The first kappa shape index (κ1) is 10.7. The van der Waals surface area contributed by atoms with Gasteiger partial charge < -0.3 is 9.88 Å². The third-order valence-electron chi connectivity index (χ3n) is 2.24. The van der Waals surface area contributed by atoms with Crippen molar-refractivity contribution in [3.05, 3.63) is 28.5 Å². The van der Waals surface area contributed by atoms with Crippen molar-refractivity contribution in [2.75, 3.05) is 7.05 Å². The van der Waals surface area contributed by atoms with Crippen LogP contribution in [0, 0.1) is 0 Å². The maximum absolute atomic E-state index is 5.91. The largest absolute Gasteiger partial charge is 0.329 e. The number of hydrogen-bond donors (Lipinski definition) is 1. The topological polar surface area (TPSA) is 29.9 Å². The molecule has 0 atom stereocenters. The van der Waals surface area contributed by atoms with E-state index in [1.165, 1.54) is 0 Å². The minimum Gasteiger partial charge on any atom is -0.329 e. The third kappa shape index (κ3) is 2.07. The van der Waals surface area contributed by atoms with Crippen LogP contribution in [0.4, 0.5) is 0 Å². The van der Waals surface area contributed by atoms with E-state index in [9.17, 15) is 0 Å². The van der Waals surface area contributed by atoms with Crippen molar-refractivity contribution < 1.29 is 0 Å². The van der Waals surface area contributed by atoms with Crippen molar-refractivity contribution in [1.82, 2.24) is 14.9 Å². The van der Waals surface area contributed by atoms with Gasteiger partial charge in [0.15, 0.2) is 0 Å². The van der Waals surface area contributed by atoms with Crippen molar-refractivity contribution in [2.24, 2.45) is 7.05 Å². The first-order chi connectivity index (χ1) is 7.22. The van der Waals surface area contributed by atoms with Gasteiger partial charge in [0.25, 0.3) is 0 Å². The second-order valence-electron chi connectivity index (χ2n) is 3.25. The maximum Gasteiger partial charge on any atom is 0.122 e. The summed E-state index contributed by atoms with van der Waals surface area (Å²) >= 11 is 7.48. The predicted molar refractivity (Wildman–Crippen MR) is 64.3 cm³/mol. The van der Waals surface area contributed by atoms with Crippen LogP contribution in [0.15, 0.2) is 18.3 Å². The van der Waals surface area contributed by atoms with E-state index in [2.05, 4.69) is 14.9 Å². The van der Waals surface area contributed by atoms with Gasteiger partial charge in [0.05, 0.1) is 27.6 Å². The van der Waals surface area contributed by atoms with Gasteiger partial charge >= 0.3 is 0 Å². The molecule has 0 unspecified atom stereocenters. The molecular formula is C10H12ClN3S. The van der Waals surface area contributed by atoms with Gasteiger partial charge in [-0.25, -0.2) is 4.98 Å². The Morgan fingerprint density at radius 3 is 2.93 bits per heavy atom. The monoisotopic (exact) mass is 241 g/mol. The second kappa shape index (κ2) is 4.35. The molecule has 0 aromatic carbocycles. The highest BCUT2D eigenvalue weighted by Gasteiger charge is 2.09. The number of hydrogen-bond acceptors (Lipinski definition) is 3. The Hall–Kier alpha value is -0.840. The predicted octanol–water partition coefficient (Wildman–Crippen LogP) is 2.52. The van der Waals surface area contributed by atoms with Gasteiger partial charge in [-0.05, 0) is 19.2 Å². The lowest BCUT2D eigenvalue weighted by atomic mass is 10.4. The lowest BCUT2D eigenvalue weighted by Crippen LogP contribution is -2.10. The van der Waals surface area contributed by atoms with Gasteiger partial charge in [0.2, 0.25) is 0 Å². The first-order valence-electron chi connectivity index (χ1n) is 4.63. The molecular weight excluding hydrogens is 230 g/mol. The van der Waals surface area contributed by atoms with Crippen LogP contribution in [0.3, 0.4) is 0 Å². The van der Waals surface area contributed by atoms with Crippen molar-refractivity contribution in [3.8, 4) is 10.6 Å². The Morgan fingerprint density at radius 1 is 1.53 bits per heavy atom. The number of aromatic nitrogens is 2. The molecule has 0 saturated heterocycles. The van der Waals surface area contributed by atoms with Crippen molar-refractivity contribution in [3.63, 3.8) is 0 Å². The fourth-order valence-electron chi connectivity index (χ4n) is 1.45. The van der Waals surface area contributed by atoms with E-state index in [1.807, 2.05) is 32.4 Å². The zero-order chi connectivity index (χ0) is 10.8. The second-order valence-corrected chi connectivity index (χ2v) is 4.97. The molecule has 0 bridgehead atoms. The van der Waals surface area contributed by atoms with Crippen molar-refractivity contribution in [1.29, 1.82) is 0 Å². The van der Waals surface area contributed by atoms with Gasteiger partial charge in [0.1, 0.15) is 5.82 Å². The lowest BCUT2D eigenvalue weighted by Gasteiger charge is -2.03. The molecule has 3 nitrogen and oxygen atoms in total. The summed E-state index contributed by atoms with van der Waals surface area (Å²) in [6, 6.07) is 3.93. The highest BCUT2D eigenvalue weighted by Crippen LogP contribution is 2.30. The molecule has 0 amide bonds. The Balaban J connectivity index is 2.37. The molecule has 1 N–H and O–H groups in total. The quantitative estimate of drug-likeness (QED) is 0.895. The lowest BCUT2D eigenvalue weighted by molar-refractivity contribution is 0.712. The van der Waals surface area contributed by atoms with Gasteiger partial charge in [-0.2, -0.15) is 0 Å². The summed E-state index contributed by atoms with van der Waals surface area (Å²) in [6.07, 6.45) is 1.88. The normalized spacial score (nSPS) is 10.9. The van der Waals surface area contributed by atoms with E-state index in [0.717, 1.165) is 27.3 Å². The Morgan fingerprint density at radius 2 is 2.33 bits per heavy atom. The number of halogens is 1. The molecule has 15 heavy (non-hydrogen) atoms. The summed E-state index contributed by atoms with van der Waals surface area (Å²) < 4.78 is 2.89. The summed E-state index contributed by atoms with van der Waals surface area (Å²) in [4.78, 5) is 5.51. The van der Waals surface area contributed by atoms with E-state index in [4.69, 9.17) is 11.6 Å². The first-order valence-corrected chi connectivity index (χ1v) is 5.82. The number of nitrogens with zero attached hydrogens (tertiary/aromatic N) is 2. The minimum atomic E-state index is 0.773. The molecule has 0 spiro atoms. The van der Waals surface area contributed by atoms with Gasteiger partial charge in [-0.3, -0.25) is 0 Å². The zero-order valence-corrected chi connectivity index (χ0v) is 10.2. The van der Waals surface area contributed by atoms with Gasteiger partial charge in [-0.15, -0.1) is 11.3 Å². The fraction of sp³-hybridized carbons (Fsp3) is 0.300. The molecule has 0 saturated carbocycles. The standard InChI is InChI=1S/C10H12ClN3S/c1-12-6-10-13-5-7(14(10)2)8-3-4-9(11)15-8/h3-5,12H,6H2,1-2H3. The van der Waals surface area contributed by atoms with Crippen LogP contribution in [-0.4, -0.2) is 16.6 Å². The molecule has 0 aliphatic rings. The zero-order valence-electron chi connectivity index (χ0n) is 8.62. The SMILES string of the molecule is CNCc1ncc(-c2ccc(Cl)s2)n1C. The summed E-state index contributed by atoms with van der Waals surface area (Å²) in [5, 5.41) is 3.09. The van der Waals surface area contributed by atoms with Crippen LogP contribution < -0.4 is 5.32 Å². The average Bonchev–Trinajstić information content (AvgIpc) is 2.76. The van der Waals surface area contributed by atoms with Crippen LogP contribution in [0.5, 0.6) is 0 Å². The number of imidazole rings is 1. The molecule has 0 aliphatic heterocycles. The summed E-state index contributed by atoms with van der Waals surface area (Å²) in [7, 11) is 3.93. The third-order valence-corrected chi connectivity index (χ3v) is 3.50. The van der Waals surface area contributed by atoms with Crippen LogP contribution in [0.25, 0.3) is 10.6 Å². The minimum absolute atomic E-state index is 0.773. The summed E-state index contributed by atoms with van der Waals surface area (Å²) in [6.45, 7) is 0.773. The van der Waals surface area contributed by atoms with E-state index in [0.29, 0.717) is 0 Å². The van der Waals surface area contributed by atoms with Crippen LogP contribution in [0.1, 0.15) is 5.82 Å². The van der Waals surface area contributed by atoms with Crippen LogP contribution >= 0.6 is 22.9 Å². The van der Waals surface area contributed by atoms with E-state index < -0.39 is 0 Å². The molecule has 2 rings (SSSR count). The Labute approximate surface area is 97.7 Å². The number of thiophene rings is 1. The Kier molecular flexibility index (Phi) is 3.09. The van der Waals surface area contributed by atoms with Gasteiger partial charge in [0, 0.05) is 7.05 Å². The molecule has 0 radical (unpaired) electrons. The average molecular weight is 242 g/mol. The number of rotatable bonds is 3. The number of nitrogens with one attached hydrogen (secondary N) is 1. The summed E-state index contributed by atoms with van der Waals surface area (Å²) in [5.41, 5.74) is 1.11. The molecule has 80 valence electrons. The van der Waals surface area contributed by atoms with Crippen LogP contribution in [0.2, 0.25) is 4.34 Å². The van der Waals surface area contributed by atoms with E-state index in [1.54, 1.807) is 11.3 Å². The van der Waals surface area contributed by atoms with E-state index >= 15 is 0 Å². The van der Waals surface area contributed by atoms with Crippen molar-refractivity contribution in [2.45, 2.75) is 6.54 Å². The smallest absolute Gasteiger partial charge is 0.122 e. The molecule has 2 heterocycles. The van der Waals surface area contributed by atoms with Crippen molar-refractivity contribution >= 4 is 22.9 Å². The Bertz CT molecular complexity index is 461. The molecule has 5 heteroatoms. The van der Waals surface area contributed by atoms with E-state index in [-0.39, 0.29) is 0 Å². The van der Waals surface area contributed by atoms with Gasteiger partial charge in [-0.1, -0.05) is 11.6 Å². The molecule has 0 fully saturated rings. The molecule has 0 aliphatic carbocycles. The highest BCUT2D eigenvalue weighted by atomic mass is 35.5. The summed E-state index contributed by atoms with van der Waals surface area (Å²) in [5.74, 6) is 1.03.